The van der Waals surface area contributed by atoms with E-state index in [2.05, 4.69) is 21.2 Å². The highest BCUT2D eigenvalue weighted by Gasteiger charge is 2.39. The van der Waals surface area contributed by atoms with Crippen LogP contribution in [0.15, 0.2) is 77.3 Å². The summed E-state index contributed by atoms with van der Waals surface area (Å²) >= 11 is 9.96. The van der Waals surface area contributed by atoms with Crippen molar-refractivity contribution in [1.29, 1.82) is 0 Å². The van der Waals surface area contributed by atoms with Crippen molar-refractivity contribution in [2.24, 2.45) is 5.41 Å². The zero-order chi connectivity index (χ0) is 26.0. The summed E-state index contributed by atoms with van der Waals surface area (Å²) in [5, 5.41) is 14.1. The lowest BCUT2D eigenvalue weighted by Crippen LogP contribution is -2.39. The van der Waals surface area contributed by atoms with E-state index >= 15 is 0 Å². The average Bonchev–Trinajstić information content (AvgIpc) is 2.85. The molecule has 4 rings (SSSR count). The molecule has 1 heterocycles. The second-order valence-corrected chi connectivity index (χ2v) is 10.6. The van der Waals surface area contributed by atoms with Gasteiger partial charge in [0.2, 0.25) is 0 Å². The molecule has 1 aromatic heterocycles. The summed E-state index contributed by atoms with van der Waals surface area (Å²) in [5.74, 6) is -1.82. The number of amides is 1. The quantitative estimate of drug-likeness (QED) is 0.247. The molecule has 184 valence electrons. The molecule has 0 saturated carbocycles. The van der Waals surface area contributed by atoms with Crippen LogP contribution in [0.2, 0.25) is 5.02 Å². The number of fused-ring (bicyclic) bond motifs is 1. The van der Waals surface area contributed by atoms with Crippen LogP contribution in [-0.4, -0.2) is 28.5 Å². The van der Waals surface area contributed by atoms with Crippen LogP contribution < -0.4 is 5.32 Å². The Kier molecular flexibility index (Phi) is 7.48. The molecule has 0 unspecified atom stereocenters. The number of aliphatic carboxylic acids is 1. The Morgan fingerprint density at radius 3 is 2.39 bits per heavy atom. The molecule has 0 radical (unpaired) electrons. The van der Waals surface area contributed by atoms with Gasteiger partial charge >= 0.3 is 5.97 Å². The molecule has 36 heavy (non-hydrogen) atoms. The van der Waals surface area contributed by atoms with Crippen LogP contribution in [-0.2, 0) is 4.79 Å². The Labute approximate surface area is 223 Å². The molecule has 0 spiro atoms. The Morgan fingerprint density at radius 1 is 1.06 bits per heavy atom. The number of hydrogen-bond donors (Lipinski definition) is 2. The number of nitrogens with one attached hydrogen (secondary N) is 1. The van der Waals surface area contributed by atoms with Crippen molar-refractivity contribution >= 4 is 50.3 Å². The van der Waals surface area contributed by atoms with E-state index in [1.165, 1.54) is 0 Å². The minimum absolute atomic E-state index is 0.0970. The highest BCUT2D eigenvalue weighted by atomic mass is 79.9. The van der Waals surface area contributed by atoms with Crippen molar-refractivity contribution in [2.75, 3.05) is 6.54 Å². The number of nitrogens with zero attached hydrogens (tertiary/aromatic N) is 1. The number of aromatic nitrogens is 1. The molecule has 0 fully saturated rings. The number of pyridine rings is 1. The van der Waals surface area contributed by atoms with Crippen molar-refractivity contribution in [1.82, 2.24) is 10.3 Å². The van der Waals surface area contributed by atoms with Crippen LogP contribution >= 0.6 is 27.5 Å². The Hall–Kier alpha value is -3.22. The summed E-state index contributed by atoms with van der Waals surface area (Å²) in [6.45, 7) is 5.28. The Balaban J connectivity index is 1.78. The molecule has 4 aromatic rings. The van der Waals surface area contributed by atoms with Crippen LogP contribution in [0.4, 0.5) is 0 Å². The number of carbonyl (C=O) groups is 2. The number of carbonyl (C=O) groups excluding carboxylic acids is 1. The average molecular weight is 566 g/mol. The van der Waals surface area contributed by atoms with Gasteiger partial charge in [0, 0.05) is 32.9 Å². The largest absolute Gasteiger partial charge is 0.481 e. The fourth-order valence-corrected chi connectivity index (χ4v) is 5.07. The number of benzene rings is 3. The topological polar surface area (TPSA) is 79.3 Å². The van der Waals surface area contributed by atoms with E-state index in [0.29, 0.717) is 27.1 Å². The summed E-state index contributed by atoms with van der Waals surface area (Å²) in [4.78, 5) is 30.8. The first-order valence-corrected chi connectivity index (χ1v) is 12.7. The van der Waals surface area contributed by atoms with Crippen molar-refractivity contribution in [2.45, 2.75) is 26.7 Å². The lowest BCUT2D eigenvalue weighted by atomic mass is 9.74. The molecule has 7 heteroatoms. The van der Waals surface area contributed by atoms with Gasteiger partial charge in [0.15, 0.2) is 0 Å². The summed E-state index contributed by atoms with van der Waals surface area (Å²) in [7, 11) is 0. The Morgan fingerprint density at radius 2 is 1.72 bits per heavy atom. The minimum atomic E-state index is -1.17. The van der Waals surface area contributed by atoms with Gasteiger partial charge in [-0.3, -0.25) is 9.59 Å². The van der Waals surface area contributed by atoms with Crippen LogP contribution in [0.1, 0.15) is 41.3 Å². The van der Waals surface area contributed by atoms with E-state index in [-0.39, 0.29) is 12.5 Å². The Bertz CT molecular complexity index is 1450. The van der Waals surface area contributed by atoms with E-state index in [9.17, 15) is 14.7 Å². The van der Waals surface area contributed by atoms with E-state index in [1.54, 1.807) is 26.0 Å². The predicted molar refractivity (Wildman–Crippen MR) is 148 cm³/mol. The van der Waals surface area contributed by atoms with Gasteiger partial charge < -0.3 is 10.4 Å². The predicted octanol–water partition coefficient (Wildman–Crippen LogP) is 7.25. The van der Waals surface area contributed by atoms with E-state index in [1.807, 2.05) is 67.6 Å². The highest BCUT2D eigenvalue weighted by molar-refractivity contribution is 9.10. The van der Waals surface area contributed by atoms with Gasteiger partial charge in [0.1, 0.15) is 0 Å². The van der Waals surface area contributed by atoms with Crippen LogP contribution in [0, 0.1) is 12.3 Å². The van der Waals surface area contributed by atoms with Crippen molar-refractivity contribution in [3.05, 3.63) is 99.0 Å². The van der Waals surface area contributed by atoms with Crippen molar-refractivity contribution in [3.8, 4) is 11.3 Å². The zero-order valence-corrected chi connectivity index (χ0v) is 22.5. The van der Waals surface area contributed by atoms with Crippen molar-refractivity contribution in [3.63, 3.8) is 0 Å². The fourth-order valence-electron chi connectivity index (χ4n) is 4.44. The first kappa shape index (κ1) is 25.9. The van der Waals surface area contributed by atoms with Crippen LogP contribution in [0.5, 0.6) is 0 Å². The molecule has 0 bridgehead atoms. The number of hydrogen-bond acceptors (Lipinski definition) is 3. The summed E-state index contributed by atoms with van der Waals surface area (Å²) in [6.07, 6.45) is 0. The maximum absolute atomic E-state index is 13.8. The fraction of sp³-hybridized carbons (Fsp3) is 0.207. The molecule has 1 atom stereocenters. The number of rotatable bonds is 7. The molecule has 5 nitrogen and oxygen atoms in total. The van der Waals surface area contributed by atoms with Gasteiger partial charge in [-0.1, -0.05) is 76.1 Å². The maximum Gasteiger partial charge on any atom is 0.309 e. The number of halogens is 2. The van der Waals surface area contributed by atoms with Gasteiger partial charge in [-0.15, -0.1) is 0 Å². The molecule has 0 aliphatic rings. The standard InChI is InChI=1S/C29H26BrClN2O3/c1-17-25(21-15-19(30)13-14-24(21)33-26(17)18-9-5-4-6-10-18)27(34)32-16-22(29(2,3)28(35)36)20-11-7-8-12-23(20)31/h4-15,22H,16H2,1-3H3,(H,32,34)(H,35,36)/t22-/m0/s1. The third-order valence-electron chi connectivity index (χ3n) is 6.63. The van der Waals surface area contributed by atoms with E-state index in [0.717, 1.165) is 21.3 Å². The lowest BCUT2D eigenvalue weighted by molar-refractivity contribution is -0.148. The molecule has 3 aromatic carbocycles. The third kappa shape index (κ3) is 5.01. The molecule has 0 saturated heterocycles. The summed E-state index contributed by atoms with van der Waals surface area (Å²) in [5.41, 5.74) is 3.09. The summed E-state index contributed by atoms with van der Waals surface area (Å²) in [6, 6.07) is 22.5. The van der Waals surface area contributed by atoms with Crippen LogP contribution in [0.25, 0.3) is 22.2 Å². The number of carboxylic acids is 1. The third-order valence-corrected chi connectivity index (χ3v) is 7.47. The summed E-state index contributed by atoms with van der Waals surface area (Å²) < 4.78 is 0.832. The van der Waals surface area contributed by atoms with E-state index in [4.69, 9.17) is 16.6 Å². The van der Waals surface area contributed by atoms with Crippen molar-refractivity contribution < 1.29 is 14.7 Å². The first-order valence-electron chi connectivity index (χ1n) is 11.5. The van der Waals surface area contributed by atoms with Gasteiger partial charge in [0.05, 0.1) is 22.2 Å². The normalized spacial score (nSPS) is 12.4. The first-order chi connectivity index (χ1) is 17.1. The molecule has 0 aliphatic carbocycles. The SMILES string of the molecule is Cc1c(-c2ccccc2)nc2ccc(Br)cc2c1C(=O)NC[C@@H](c1ccccc1Cl)C(C)(C)C(=O)O. The molecular weight excluding hydrogens is 540 g/mol. The zero-order valence-electron chi connectivity index (χ0n) is 20.2. The smallest absolute Gasteiger partial charge is 0.309 e. The van der Waals surface area contributed by atoms with Gasteiger partial charge in [-0.25, -0.2) is 4.98 Å². The van der Waals surface area contributed by atoms with E-state index < -0.39 is 17.3 Å². The molecule has 1 amide bonds. The van der Waals surface area contributed by atoms with Gasteiger partial charge in [0.25, 0.3) is 5.91 Å². The second-order valence-electron chi connectivity index (χ2n) is 9.30. The molecular formula is C29H26BrClN2O3. The molecule has 2 N–H and O–H groups in total. The van der Waals surface area contributed by atoms with Gasteiger partial charge in [-0.2, -0.15) is 0 Å². The monoisotopic (exact) mass is 564 g/mol. The highest BCUT2D eigenvalue weighted by Crippen LogP contribution is 2.39. The number of carboxylic acid groups (broad SMARTS) is 1. The second kappa shape index (κ2) is 10.4. The van der Waals surface area contributed by atoms with Gasteiger partial charge in [-0.05, 0) is 56.2 Å². The maximum atomic E-state index is 13.8. The lowest BCUT2D eigenvalue weighted by Gasteiger charge is -2.32. The van der Waals surface area contributed by atoms with Crippen LogP contribution in [0.3, 0.4) is 0 Å². The molecule has 0 aliphatic heterocycles. The minimum Gasteiger partial charge on any atom is -0.481 e.